The van der Waals surface area contributed by atoms with E-state index in [1.165, 1.54) is 29.4 Å². The van der Waals surface area contributed by atoms with Crippen molar-refractivity contribution in [1.29, 1.82) is 0 Å². The van der Waals surface area contributed by atoms with Crippen LogP contribution in [0.15, 0.2) is 53.0 Å². The molecular formula is C16H18B2BrN. The van der Waals surface area contributed by atoms with Crippen LogP contribution in [0.3, 0.4) is 0 Å². The van der Waals surface area contributed by atoms with Gasteiger partial charge in [-0.3, -0.25) is 0 Å². The second-order valence-electron chi connectivity index (χ2n) is 5.74. The second kappa shape index (κ2) is 5.79. The molecule has 3 rings (SSSR count). The fraction of sp³-hybridized carbons (Fsp3) is 0.250. The highest BCUT2D eigenvalue weighted by Crippen LogP contribution is 2.42. The predicted octanol–water partition coefficient (Wildman–Crippen LogP) is 2.13. The van der Waals surface area contributed by atoms with Gasteiger partial charge in [0.25, 0.3) is 0 Å². The average molecular weight is 326 g/mol. The maximum Gasteiger partial charge on any atom is 0.186 e. The summed E-state index contributed by atoms with van der Waals surface area (Å²) in [4.78, 5) is 2.52. The first kappa shape index (κ1) is 14.0. The van der Waals surface area contributed by atoms with Crippen LogP contribution in [0.4, 0.5) is 0 Å². The van der Waals surface area contributed by atoms with E-state index in [2.05, 4.69) is 85.1 Å². The summed E-state index contributed by atoms with van der Waals surface area (Å²) in [5, 5.41) is 0. The summed E-state index contributed by atoms with van der Waals surface area (Å²) in [6.07, 6.45) is 2.47. The summed E-state index contributed by atoms with van der Waals surface area (Å²) in [7, 11) is 4.40. The van der Waals surface area contributed by atoms with Crippen molar-refractivity contribution >= 4 is 37.2 Å². The van der Waals surface area contributed by atoms with Crippen LogP contribution in [-0.4, -0.2) is 20.6 Å². The molecule has 0 N–H and O–H groups in total. The zero-order chi connectivity index (χ0) is 14.1. The molecule has 0 aromatic heterocycles. The number of benzene rings is 2. The zero-order valence-electron chi connectivity index (χ0n) is 12.0. The number of halogens is 1. The molecular weight excluding hydrogens is 308 g/mol. The molecule has 2 aromatic rings. The molecule has 100 valence electrons. The topological polar surface area (TPSA) is 3.24 Å². The number of nitrogens with zero attached hydrogens (tertiary/aromatic N) is 1. The highest BCUT2D eigenvalue weighted by molar-refractivity contribution is 9.10. The van der Waals surface area contributed by atoms with Gasteiger partial charge in [0.2, 0.25) is 0 Å². The largest absolute Gasteiger partial charge is 0.336 e. The van der Waals surface area contributed by atoms with Gasteiger partial charge in [-0.15, -0.1) is 0 Å². The van der Waals surface area contributed by atoms with Crippen molar-refractivity contribution in [2.75, 3.05) is 0 Å². The molecule has 4 heteroatoms. The third-order valence-electron chi connectivity index (χ3n) is 4.41. The van der Waals surface area contributed by atoms with Crippen molar-refractivity contribution in [3.63, 3.8) is 0 Å². The molecule has 1 heterocycles. The molecule has 1 nitrogen and oxygen atoms in total. The Hall–Kier alpha value is -0.990. The van der Waals surface area contributed by atoms with E-state index in [9.17, 15) is 0 Å². The van der Waals surface area contributed by atoms with E-state index in [-0.39, 0.29) is 0 Å². The van der Waals surface area contributed by atoms with Crippen molar-refractivity contribution in [3.05, 3.63) is 64.1 Å². The van der Waals surface area contributed by atoms with Gasteiger partial charge in [-0.25, -0.2) is 0 Å². The Balaban J connectivity index is 1.81. The van der Waals surface area contributed by atoms with E-state index in [0.29, 0.717) is 12.1 Å². The standard InChI is InChI=1S/C16H18B2BrN/c17-13-5-1-11(2-6-13)15-9-10-16(20(15)18)12-3-7-14(19)8-4-12/h1-8,15-16H,9-10,17-18H2. The number of hydrogen-bond acceptors (Lipinski definition) is 1. The van der Waals surface area contributed by atoms with Crippen molar-refractivity contribution in [2.24, 2.45) is 0 Å². The van der Waals surface area contributed by atoms with E-state index in [1.54, 1.807) is 0 Å². The van der Waals surface area contributed by atoms with Gasteiger partial charge in [-0.05, 0) is 36.1 Å². The summed E-state index contributed by atoms with van der Waals surface area (Å²) >= 11 is 3.51. The molecule has 2 atom stereocenters. The summed E-state index contributed by atoms with van der Waals surface area (Å²) in [5.74, 6) is 0. The number of hydrogen-bond donors (Lipinski definition) is 0. The van der Waals surface area contributed by atoms with E-state index in [1.807, 2.05) is 0 Å². The third kappa shape index (κ3) is 2.72. The third-order valence-corrected chi connectivity index (χ3v) is 4.94. The van der Waals surface area contributed by atoms with Crippen LogP contribution >= 0.6 is 15.9 Å². The molecule has 0 spiro atoms. The summed E-state index contributed by atoms with van der Waals surface area (Å²) < 4.78 is 1.15. The Kier molecular flexibility index (Phi) is 4.04. The van der Waals surface area contributed by atoms with E-state index >= 15 is 0 Å². The smallest absolute Gasteiger partial charge is 0.186 e. The first-order valence-electron chi connectivity index (χ1n) is 7.19. The summed E-state index contributed by atoms with van der Waals surface area (Å²) in [5.41, 5.74) is 4.20. The lowest BCUT2D eigenvalue weighted by atomic mass is 9.93. The van der Waals surface area contributed by atoms with Crippen LogP contribution in [0.1, 0.15) is 36.1 Å². The molecule has 1 aliphatic heterocycles. The highest BCUT2D eigenvalue weighted by Gasteiger charge is 2.31. The predicted molar refractivity (Wildman–Crippen MR) is 93.9 cm³/mol. The van der Waals surface area contributed by atoms with Gasteiger partial charge in [-0.2, -0.15) is 0 Å². The van der Waals surface area contributed by atoms with Gasteiger partial charge in [0, 0.05) is 16.6 Å². The van der Waals surface area contributed by atoms with Gasteiger partial charge < -0.3 is 4.81 Å². The lowest BCUT2D eigenvalue weighted by Crippen LogP contribution is -2.23. The molecule has 0 bridgehead atoms. The monoisotopic (exact) mass is 325 g/mol. The lowest BCUT2D eigenvalue weighted by molar-refractivity contribution is 0.354. The average Bonchev–Trinajstić information content (AvgIpc) is 2.83. The van der Waals surface area contributed by atoms with Crippen molar-refractivity contribution in [2.45, 2.75) is 24.9 Å². The SMILES string of the molecule is Bc1ccc(C2CCC(c3ccc(Br)cc3)N2B)cc1. The highest BCUT2D eigenvalue weighted by atomic mass is 79.9. The van der Waals surface area contributed by atoms with Gasteiger partial charge in [0.05, 0.1) is 0 Å². The quantitative estimate of drug-likeness (QED) is 0.765. The van der Waals surface area contributed by atoms with Gasteiger partial charge in [-0.1, -0.05) is 57.8 Å². The lowest BCUT2D eigenvalue weighted by Gasteiger charge is -2.27. The Morgan fingerprint density at radius 1 is 0.850 bits per heavy atom. The molecule has 0 aliphatic carbocycles. The molecule has 2 aromatic carbocycles. The molecule has 2 unspecified atom stereocenters. The van der Waals surface area contributed by atoms with Crippen molar-refractivity contribution in [3.8, 4) is 0 Å². The summed E-state index contributed by atoms with van der Waals surface area (Å²) in [6.45, 7) is 0. The van der Waals surface area contributed by atoms with Gasteiger partial charge in [0.1, 0.15) is 7.85 Å². The van der Waals surface area contributed by atoms with Gasteiger partial charge >= 0.3 is 0 Å². The maximum absolute atomic E-state index is 3.51. The molecule has 0 radical (unpaired) electrons. The molecule has 1 saturated heterocycles. The fourth-order valence-corrected chi connectivity index (χ4v) is 3.48. The van der Waals surface area contributed by atoms with E-state index < -0.39 is 0 Å². The fourth-order valence-electron chi connectivity index (χ4n) is 3.22. The first-order chi connectivity index (χ1) is 9.65. The van der Waals surface area contributed by atoms with Gasteiger partial charge in [0.15, 0.2) is 7.98 Å². The summed E-state index contributed by atoms with van der Waals surface area (Å²) in [6, 6.07) is 18.8. The van der Waals surface area contributed by atoms with E-state index in [0.717, 1.165) is 4.47 Å². The maximum atomic E-state index is 3.51. The minimum atomic E-state index is 0.536. The van der Waals surface area contributed by atoms with Crippen LogP contribution in [-0.2, 0) is 0 Å². The van der Waals surface area contributed by atoms with Crippen molar-refractivity contribution < 1.29 is 0 Å². The van der Waals surface area contributed by atoms with Crippen LogP contribution in [0, 0.1) is 0 Å². The molecule has 1 aliphatic rings. The minimum Gasteiger partial charge on any atom is -0.336 e. The van der Waals surface area contributed by atoms with Crippen LogP contribution in [0.25, 0.3) is 0 Å². The Labute approximate surface area is 131 Å². The minimum absolute atomic E-state index is 0.536. The van der Waals surface area contributed by atoms with E-state index in [4.69, 9.17) is 0 Å². The Bertz CT molecular complexity index is 529. The second-order valence-corrected chi connectivity index (χ2v) is 6.65. The Morgan fingerprint density at radius 3 is 1.80 bits per heavy atom. The normalized spacial score (nSPS) is 23.1. The molecule has 20 heavy (non-hydrogen) atoms. The Morgan fingerprint density at radius 2 is 1.30 bits per heavy atom. The first-order valence-corrected chi connectivity index (χ1v) is 7.98. The van der Waals surface area contributed by atoms with Crippen LogP contribution in [0.2, 0.25) is 0 Å². The molecule has 0 amide bonds. The van der Waals surface area contributed by atoms with Crippen LogP contribution < -0.4 is 5.46 Å². The zero-order valence-corrected chi connectivity index (χ0v) is 13.6. The molecule has 1 fully saturated rings. The molecule has 0 saturated carbocycles. The van der Waals surface area contributed by atoms with Crippen LogP contribution in [0.5, 0.6) is 0 Å². The van der Waals surface area contributed by atoms with Crippen molar-refractivity contribution in [1.82, 2.24) is 4.81 Å². The number of rotatable bonds is 2.